The van der Waals surface area contributed by atoms with Crippen LogP contribution in [0.1, 0.15) is 17.9 Å². The number of nitrogens with one attached hydrogen (secondary N) is 1. The molecule has 0 saturated carbocycles. The number of aromatic nitrogens is 1. The van der Waals surface area contributed by atoms with Crippen LogP contribution >= 0.6 is 0 Å². The molecule has 2 amide bonds. The number of H-pyrrole nitrogens is 1. The van der Waals surface area contributed by atoms with E-state index in [2.05, 4.69) is 4.98 Å². The van der Waals surface area contributed by atoms with Crippen LogP contribution in [0.2, 0.25) is 0 Å². The van der Waals surface area contributed by atoms with Gasteiger partial charge in [0.25, 0.3) is 0 Å². The average Bonchev–Trinajstić information content (AvgIpc) is 3.10. The predicted molar refractivity (Wildman–Crippen MR) is 86.3 cm³/mol. The van der Waals surface area contributed by atoms with Crippen LogP contribution in [0.3, 0.4) is 0 Å². The number of hydrogen-bond acceptors (Lipinski definition) is 3. The number of imide groups is 1. The van der Waals surface area contributed by atoms with Crippen molar-refractivity contribution in [1.82, 2.24) is 4.98 Å². The quantitative estimate of drug-likeness (QED) is 0.715. The van der Waals surface area contributed by atoms with Gasteiger partial charge in [-0.25, -0.2) is 0 Å². The summed E-state index contributed by atoms with van der Waals surface area (Å²) >= 11 is 0. The molecule has 0 aliphatic carbocycles. The molecule has 0 unspecified atom stereocenters. The third-order valence-corrected chi connectivity index (χ3v) is 4.25. The summed E-state index contributed by atoms with van der Waals surface area (Å²) in [6, 6.07) is 13.8. The molecule has 1 atom stereocenters. The Morgan fingerprint density at radius 1 is 1.04 bits per heavy atom. The van der Waals surface area contributed by atoms with Crippen LogP contribution in [0, 0.1) is 0 Å². The van der Waals surface area contributed by atoms with E-state index in [9.17, 15) is 14.7 Å². The smallest absolute Gasteiger partial charge is 0.241 e. The first kappa shape index (κ1) is 13.6. The van der Waals surface area contributed by atoms with Gasteiger partial charge < -0.3 is 10.1 Å². The fraction of sp³-hybridized carbons (Fsp3) is 0.111. The van der Waals surface area contributed by atoms with Crippen molar-refractivity contribution in [1.29, 1.82) is 0 Å². The number of aromatic hydroxyl groups is 1. The lowest BCUT2D eigenvalue weighted by atomic mass is 9.97. The Balaban J connectivity index is 1.74. The molecule has 1 aromatic heterocycles. The van der Waals surface area contributed by atoms with Gasteiger partial charge in [-0.2, -0.15) is 0 Å². The van der Waals surface area contributed by atoms with Gasteiger partial charge in [0.15, 0.2) is 0 Å². The highest BCUT2D eigenvalue weighted by Crippen LogP contribution is 2.36. The van der Waals surface area contributed by atoms with Crippen LogP contribution in [-0.4, -0.2) is 21.9 Å². The minimum atomic E-state index is -0.479. The predicted octanol–water partition coefficient (Wildman–Crippen LogP) is 2.92. The number of nitrogens with zero attached hydrogens (tertiary/aromatic N) is 1. The number of carbonyl (C=O) groups is 2. The lowest BCUT2D eigenvalue weighted by molar-refractivity contribution is -0.121. The van der Waals surface area contributed by atoms with Gasteiger partial charge in [0.2, 0.25) is 11.8 Å². The number of carbonyl (C=O) groups excluding carboxylic acids is 2. The van der Waals surface area contributed by atoms with Crippen molar-refractivity contribution in [2.45, 2.75) is 12.3 Å². The first-order valence-electron chi connectivity index (χ1n) is 7.37. The van der Waals surface area contributed by atoms with E-state index in [1.807, 2.05) is 24.3 Å². The summed E-state index contributed by atoms with van der Waals surface area (Å²) in [6.07, 6.45) is 1.96. The van der Waals surface area contributed by atoms with Gasteiger partial charge in [-0.1, -0.05) is 18.2 Å². The number of anilines is 1. The van der Waals surface area contributed by atoms with E-state index in [1.54, 1.807) is 18.3 Å². The van der Waals surface area contributed by atoms with E-state index >= 15 is 0 Å². The fourth-order valence-electron chi connectivity index (χ4n) is 3.13. The highest BCUT2D eigenvalue weighted by atomic mass is 16.3. The third kappa shape index (κ3) is 2.09. The summed E-state index contributed by atoms with van der Waals surface area (Å²) in [5.74, 6) is -0.838. The molecule has 23 heavy (non-hydrogen) atoms. The van der Waals surface area contributed by atoms with Crippen LogP contribution in [0.15, 0.2) is 54.7 Å². The van der Waals surface area contributed by atoms with E-state index in [0.717, 1.165) is 16.5 Å². The first-order valence-corrected chi connectivity index (χ1v) is 7.37. The number of aromatic amines is 1. The minimum absolute atomic E-state index is 0.0982. The molecule has 2 N–H and O–H groups in total. The number of hydrogen-bond donors (Lipinski definition) is 2. The molecule has 114 valence electrons. The Labute approximate surface area is 132 Å². The van der Waals surface area contributed by atoms with Gasteiger partial charge in [0.1, 0.15) is 5.75 Å². The van der Waals surface area contributed by atoms with Crippen molar-refractivity contribution in [3.8, 4) is 5.75 Å². The second kappa shape index (κ2) is 4.98. The van der Waals surface area contributed by atoms with Crippen LogP contribution in [0.5, 0.6) is 5.75 Å². The summed E-state index contributed by atoms with van der Waals surface area (Å²) in [5, 5.41) is 10.3. The maximum atomic E-state index is 12.8. The molecular formula is C18H14N2O3. The van der Waals surface area contributed by atoms with Crippen LogP contribution in [0.25, 0.3) is 10.9 Å². The molecule has 0 bridgehead atoms. The monoisotopic (exact) mass is 306 g/mol. The topological polar surface area (TPSA) is 73.4 Å². The van der Waals surface area contributed by atoms with Crippen molar-refractivity contribution >= 4 is 28.4 Å². The van der Waals surface area contributed by atoms with Gasteiger partial charge in [0.05, 0.1) is 11.6 Å². The maximum absolute atomic E-state index is 12.8. The van der Waals surface area contributed by atoms with Crippen molar-refractivity contribution in [3.05, 3.63) is 60.3 Å². The van der Waals surface area contributed by atoms with Crippen molar-refractivity contribution in [3.63, 3.8) is 0 Å². The number of phenolic OH excluding ortho intramolecular Hbond substituents is 1. The molecule has 1 aliphatic heterocycles. The minimum Gasteiger partial charge on any atom is -0.508 e. The highest BCUT2D eigenvalue weighted by Gasteiger charge is 2.41. The average molecular weight is 306 g/mol. The van der Waals surface area contributed by atoms with E-state index in [0.29, 0.717) is 5.69 Å². The first-order chi connectivity index (χ1) is 11.1. The second-order valence-corrected chi connectivity index (χ2v) is 5.63. The van der Waals surface area contributed by atoms with E-state index in [1.165, 1.54) is 17.0 Å². The molecule has 2 aromatic carbocycles. The normalized spacial score (nSPS) is 18.1. The zero-order chi connectivity index (χ0) is 16.0. The molecule has 1 fully saturated rings. The zero-order valence-corrected chi connectivity index (χ0v) is 12.2. The van der Waals surface area contributed by atoms with Crippen LogP contribution in [0.4, 0.5) is 5.69 Å². The number of phenols is 1. The Morgan fingerprint density at radius 3 is 2.57 bits per heavy atom. The van der Waals surface area contributed by atoms with Gasteiger partial charge in [-0.3, -0.25) is 14.5 Å². The number of rotatable bonds is 2. The summed E-state index contributed by atoms with van der Waals surface area (Å²) in [5.41, 5.74) is 2.28. The highest BCUT2D eigenvalue weighted by molar-refractivity contribution is 6.23. The number of para-hydroxylation sites is 1. The van der Waals surface area contributed by atoms with Gasteiger partial charge in [-0.05, 0) is 35.9 Å². The SMILES string of the molecule is O=C1C[C@H](c2c[nH]c3ccccc23)C(=O)N1c1ccc(O)cc1. The Kier molecular flexibility index (Phi) is 2.94. The Hall–Kier alpha value is -3.08. The molecule has 4 rings (SSSR count). The second-order valence-electron chi connectivity index (χ2n) is 5.63. The van der Waals surface area contributed by atoms with E-state index in [4.69, 9.17) is 0 Å². The molecule has 3 aromatic rings. The molecule has 1 aliphatic rings. The Bertz CT molecular complexity index is 911. The van der Waals surface area contributed by atoms with Crippen molar-refractivity contribution < 1.29 is 14.7 Å². The van der Waals surface area contributed by atoms with Crippen LogP contribution < -0.4 is 4.90 Å². The maximum Gasteiger partial charge on any atom is 0.241 e. The number of fused-ring (bicyclic) bond motifs is 1. The molecular weight excluding hydrogens is 292 g/mol. The van der Waals surface area contributed by atoms with Crippen molar-refractivity contribution in [2.24, 2.45) is 0 Å². The third-order valence-electron chi connectivity index (χ3n) is 4.25. The summed E-state index contributed by atoms with van der Waals surface area (Å²) in [4.78, 5) is 29.5. The van der Waals surface area contributed by atoms with Gasteiger partial charge in [0, 0.05) is 23.5 Å². The van der Waals surface area contributed by atoms with E-state index < -0.39 is 5.92 Å². The summed E-state index contributed by atoms with van der Waals surface area (Å²) < 4.78 is 0. The molecule has 2 heterocycles. The van der Waals surface area contributed by atoms with Crippen molar-refractivity contribution in [2.75, 3.05) is 4.90 Å². The molecule has 5 heteroatoms. The number of benzene rings is 2. The summed E-state index contributed by atoms with van der Waals surface area (Å²) in [6.45, 7) is 0. The lowest BCUT2D eigenvalue weighted by Gasteiger charge is -2.15. The Morgan fingerprint density at radius 2 is 1.78 bits per heavy atom. The lowest BCUT2D eigenvalue weighted by Crippen LogP contribution is -2.29. The molecule has 1 saturated heterocycles. The van der Waals surface area contributed by atoms with Crippen LogP contribution in [-0.2, 0) is 9.59 Å². The standard InChI is InChI=1S/C18H14N2O3/c21-12-7-5-11(6-8-12)20-17(22)9-14(18(20)23)15-10-19-16-4-2-1-3-13(15)16/h1-8,10,14,19,21H,9H2/t14-/m1/s1. The van der Waals surface area contributed by atoms with Gasteiger partial charge in [-0.15, -0.1) is 0 Å². The number of amides is 2. The summed E-state index contributed by atoms with van der Waals surface area (Å²) in [7, 11) is 0. The fourth-order valence-corrected chi connectivity index (χ4v) is 3.13. The van der Waals surface area contributed by atoms with E-state index in [-0.39, 0.29) is 24.0 Å². The molecule has 0 radical (unpaired) electrons. The van der Waals surface area contributed by atoms with Gasteiger partial charge >= 0.3 is 0 Å². The molecule has 0 spiro atoms. The zero-order valence-electron chi connectivity index (χ0n) is 12.2. The largest absolute Gasteiger partial charge is 0.508 e. The molecule has 5 nitrogen and oxygen atoms in total.